The minimum Gasteiger partial charge on any atom is -0.341 e. The molecule has 142 valence electrons. The number of amides is 2. The van der Waals surface area contributed by atoms with Crippen molar-refractivity contribution in [3.8, 4) is 0 Å². The van der Waals surface area contributed by atoms with Crippen LogP contribution in [0.2, 0.25) is 0 Å². The zero-order valence-corrected chi connectivity index (χ0v) is 15.2. The van der Waals surface area contributed by atoms with Gasteiger partial charge < -0.3 is 10.2 Å². The van der Waals surface area contributed by atoms with Gasteiger partial charge in [0, 0.05) is 24.9 Å². The summed E-state index contributed by atoms with van der Waals surface area (Å²) >= 11 is 1.34. The summed E-state index contributed by atoms with van der Waals surface area (Å²) in [5.74, 6) is -0.475. The van der Waals surface area contributed by atoms with E-state index in [0.717, 1.165) is 22.7 Å². The van der Waals surface area contributed by atoms with Crippen LogP contribution in [0, 0.1) is 0 Å². The Labute approximate surface area is 158 Å². The summed E-state index contributed by atoms with van der Waals surface area (Å²) < 4.78 is 37.8. The molecule has 0 bridgehead atoms. The van der Waals surface area contributed by atoms with Gasteiger partial charge in [-0.25, -0.2) is 0 Å². The van der Waals surface area contributed by atoms with Crippen LogP contribution in [-0.4, -0.2) is 29.0 Å². The van der Waals surface area contributed by atoms with Gasteiger partial charge in [-0.15, -0.1) is 11.8 Å². The number of carbonyl (C=O) groups is 2. The smallest absolute Gasteiger partial charge is 0.341 e. The number of anilines is 1. The van der Waals surface area contributed by atoms with Crippen LogP contribution in [0.15, 0.2) is 53.4 Å². The lowest BCUT2D eigenvalue weighted by Crippen LogP contribution is -2.35. The fraction of sp³-hybridized carbons (Fsp3) is 0.263. The fourth-order valence-corrected chi connectivity index (χ4v) is 3.80. The Morgan fingerprint density at radius 3 is 2.48 bits per heavy atom. The molecule has 0 saturated heterocycles. The predicted molar refractivity (Wildman–Crippen MR) is 97.3 cm³/mol. The average Bonchev–Trinajstić information content (AvgIpc) is 2.62. The summed E-state index contributed by atoms with van der Waals surface area (Å²) in [7, 11) is 1.57. The van der Waals surface area contributed by atoms with Gasteiger partial charge in [-0.1, -0.05) is 24.3 Å². The molecule has 8 heteroatoms. The number of nitrogens with zero attached hydrogens (tertiary/aromatic N) is 1. The number of alkyl halides is 3. The van der Waals surface area contributed by atoms with Crippen molar-refractivity contribution in [2.75, 3.05) is 12.4 Å². The number of carbonyl (C=O) groups excluding carboxylic acids is 2. The molecule has 1 heterocycles. The van der Waals surface area contributed by atoms with Crippen molar-refractivity contribution in [2.24, 2.45) is 0 Å². The van der Waals surface area contributed by atoms with Gasteiger partial charge in [-0.3, -0.25) is 9.59 Å². The maximum atomic E-state index is 12.6. The van der Waals surface area contributed by atoms with Crippen LogP contribution in [0.1, 0.15) is 17.5 Å². The Hall–Kier alpha value is -2.48. The SMILES string of the molecule is CN(Cc1ccc(C(F)(F)F)cc1)C(=O)C[C@H]1Sc2ccccc2NC1=O. The molecule has 1 aliphatic rings. The van der Waals surface area contributed by atoms with Gasteiger partial charge in [0.1, 0.15) is 0 Å². The van der Waals surface area contributed by atoms with E-state index >= 15 is 0 Å². The highest BCUT2D eigenvalue weighted by molar-refractivity contribution is 8.01. The summed E-state index contributed by atoms with van der Waals surface area (Å²) in [6.45, 7) is 0.173. The number of thioether (sulfide) groups is 1. The van der Waals surface area contributed by atoms with Crippen LogP contribution in [-0.2, 0) is 22.3 Å². The molecule has 1 aliphatic heterocycles. The molecular weight excluding hydrogens is 377 g/mol. The minimum atomic E-state index is -4.39. The minimum absolute atomic E-state index is 0.0158. The summed E-state index contributed by atoms with van der Waals surface area (Å²) in [6, 6.07) is 12.1. The largest absolute Gasteiger partial charge is 0.416 e. The Morgan fingerprint density at radius 2 is 1.81 bits per heavy atom. The summed E-state index contributed by atoms with van der Waals surface area (Å²) in [6.07, 6.45) is -4.37. The highest BCUT2D eigenvalue weighted by atomic mass is 32.2. The number of para-hydroxylation sites is 1. The summed E-state index contributed by atoms with van der Waals surface area (Å²) in [5.41, 5.74) is 0.591. The third kappa shape index (κ3) is 4.63. The van der Waals surface area contributed by atoms with E-state index in [4.69, 9.17) is 0 Å². The highest BCUT2D eigenvalue weighted by Crippen LogP contribution is 2.36. The lowest BCUT2D eigenvalue weighted by atomic mass is 10.1. The number of rotatable bonds is 4. The molecule has 27 heavy (non-hydrogen) atoms. The van der Waals surface area contributed by atoms with Gasteiger partial charge >= 0.3 is 6.18 Å². The van der Waals surface area contributed by atoms with Gasteiger partial charge in [0.25, 0.3) is 0 Å². The van der Waals surface area contributed by atoms with Gasteiger partial charge in [-0.2, -0.15) is 13.2 Å². The van der Waals surface area contributed by atoms with Gasteiger partial charge in [0.2, 0.25) is 11.8 Å². The Balaban J connectivity index is 1.60. The second-order valence-corrected chi connectivity index (χ2v) is 7.49. The molecule has 0 aliphatic carbocycles. The van der Waals surface area contributed by atoms with E-state index in [-0.39, 0.29) is 24.8 Å². The average molecular weight is 394 g/mol. The molecule has 2 aromatic carbocycles. The summed E-state index contributed by atoms with van der Waals surface area (Å²) in [5, 5.41) is 2.25. The van der Waals surface area contributed by atoms with Crippen LogP contribution < -0.4 is 5.32 Å². The molecule has 2 aromatic rings. The van der Waals surface area contributed by atoms with Crippen molar-refractivity contribution in [3.63, 3.8) is 0 Å². The normalized spacial score (nSPS) is 16.4. The first-order valence-corrected chi connectivity index (χ1v) is 9.08. The molecule has 1 atom stereocenters. The van der Waals surface area contributed by atoms with Gasteiger partial charge in [-0.05, 0) is 29.8 Å². The van der Waals surface area contributed by atoms with E-state index in [2.05, 4.69) is 5.32 Å². The number of halogens is 3. The van der Waals surface area contributed by atoms with Crippen molar-refractivity contribution in [1.82, 2.24) is 4.90 Å². The Kier molecular flexibility index (Phi) is 5.46. The Morgan fingerprint density at radius 1 is 1.15 bits per heavy atom. The number of hydrogen-bond acceptors (Lipinski definition) is 3. The molecular formula is C19H17F3N2O2S. The van der Waals surface area contributed by atoms with Crippen molar-refractivity contribution < 1.29 is 22.8 Å². The zero-order valence-electron chi connectivity index (χ0n) is 14.4. The maximum absolute atomic E-state index is 12.6. The van der Waals surface area contributed by atoms with Crippen LogP contribution in [0.5, 0.6) is 0 Å². The first kappa shape index (κ1) is 19.3. The molecule has 0 radical (unpaired) electrons. The lowest BCUT2D eigenvalue weighted by Gasteiger charge is -2.25. The molecule has 2 amide bonds. The molecule has 0 fully saturated rings. The Bertz CT molecular complexity index is 853. The standard InChI is InChI=1S/C19H17F3N2O2S/c1-24(11-12-6-8-13(9-7-12)19(20,21)22)17(25)10-16-18(26)23-14-4-2-3-5-15(14)27-16/h2-9,16H,10-11H2,1H3,(H,23,26)/t16-/m1/s1. The van der Waals surface area contributed by atoms with Crippen LogP contribution >= 0.6 is 11.8 Å². The van der Waals surface area contributed by atoms with E-state index in [1.54, 1.807) is 13.1 Å². The number of benzene rings is 2. The van der Waals surface area contributed by atoms with E-state index in [0.29, 0.717) is 5.56 Å². The third-order valence-corrected chi connectivity index (χ3v) is 5.47. The second kappa shape index (κ2) is 7.64. The van der Waals surface area contributed by atoms with Crippen molar-refractivity contribution in [2.45, 2.75) is 29.3 Å². The number of hydrogen-bond donors (Lipinski definition) is 1. The number of nitrogens with one attached hydrogen (secondary N) is 1. The summed E-state index contributed by atoms with van der Waals surface area (Å²) in [4.78, 5) is 27.0. The first-order chi connectivity index (χ1) is 12.7. The topological polar surface area (TPSA) is 49.4 Å². The lowest BCUT2D eigenvalue weighted by molar-refractivity contribution is -0.137. The molecule has 0 spiro atoms. The molecule has 1 N–H and O–H groups in total. The van der Waals surface area contributed by atoms with Crippen LogP contribution in [0.3, 0.4) is 0 Å². The fourth-order valence-electron chi connectivity index (χ4n) is 2.70. The third-order valence-electron chi connectivity index (χ3n) is 4.19. The van der Waals surface area contributed by atoms with Crippen LogP contribution in [0.4, 0.5) is 18.9 Å². The van der Waals surface area contributed by atoms with Gasteiger partial charge in [0.05, 0.1) is 16.5 Å². The van der Waals surface area contributed by atoms with Gasteiger partial charge in [0.15, 0.2) is 0 Å². The molecule has 4 nitrogen and oxygen atoms in total. The molecule has 0 aromatic heterocycles. The molecule has 0 unspecified atom stereocenters. The molecule has 3 rings (SSSR count). The van der Waals surface area contributed by atoms with E-state index in [9.17, 15) is 22.8 Å². The number of fused-ring (bicyclic) bond motifs is 1. The second-order valence-electron chi connectivity index (χ2n) is 6.24. The quantitative estimate of drug-likeness (QED) is 0.847. The van der Waals surface area contributed by atoms with E-state index in [1.165, 1.54) is 28.8 Å². The monoisotopic (exact) mass is 394 g/mol. The van der Waals surface area contributed by atoms with Crippen molar-refractivity contribution in [1.29, 1.82) is 0 Å². The van der Waals surface area contributed by atoms with Crippen LogP contribution in [0.25, 0.3) is 0 Å². The molecule has 0 saturated carbocycles. The maximum Gasteiger partial charge on any atom is 0.416 e. The van der Waals surface area contributed by atoms with Crippen molar-refractivity contribution >= 4 is 29.3 Å². The van der Waals surface area contributed by atoms with E-state index < -0.39 is 17.0 Å². The predicted octanol–water partition coefficient (Wildman–Crippen LogP) is 4.17. The van der Waals surface area contributed by atoms with Crippen molar-refractivity contribution in [3.05, 3.63) is 59.7 Å². The zero-order chi connectivity index (χ0) is 19.6. The highest BCUT2D eigenvalue weighted by Gasteiger charge is 2.31. The first-order valence-electron chi connectivity index (χ1n) is 8.20. The van der Waals surface area contributed by atoms with E-state index in [1.807, 2.05) is 18.2 Å².